The molecule has 0 bridgehead atoms. The Morgan fingerprint density at radius 3 is 2.56 bits per heavy atom. The number of rotatable bonds is 3. The standard InChI is InChI=1S/C7H2BrClF2N2O3/c8-4-3(6(9)14)2(13(15)16)1-12-5(4)7(10)11/h1,7H. The monoisotopic (exact) mass is 314 g/mol. The molecule has 5 nitrogen and oxygen atoms in total. The van der Waals surface area contributed by atoms with Gasteiger partial charge in [0, 0.05) is 0 Å². The first-order valence-electron chi connectivity index (χ1n) is 3.67. The quantitative estimate of drug-likeness (QED) is 0.488. The average molecular weight is 315 g/mol. The molecular weight excluding hydrogens is 313 g/mol. The highest BCUT2D eigenvalue weighted by Gasteiger charge is 2.28. The number of pyridine rings is 1. The molecule has 1 rings (SSSR count). The van der Waals surface area contributed by atoms with E-state index in [-0.39, 0.29) is 0 Å². The molecule has 0 aliphatic carbocycles. The molecule has 0 saturated carbocycles. The van der Waals surface area contributed by atoms with E-state index in [0.29, 0.717) is 6.20 Å². The van der Waals surface area contributed by atoms with E-state index in [4.69, 9.17) is 11.6 Å². The number of alkyl halides is 2. The van der Waals surface area contributed by atoms with Crippen LogP contribution < -0.4 is 0 Å². The van der Waals surface area contributed by atoms with Crippen molar-refractivity contribution in [2.45, 2.75) is 6.43 Å². The molecule has 9 heteroatoms. The lowest BCUT2D eigenvalue weighted by Gasteiger charge is -2.05. The lowest BCUT2D eigenvalue weighted by molar-refractivity contribution is -0.385. The van der Waals surface area contributed by atoms with Crippen LogP contribution in [0.4, 0.5) is 14.5 Å². The first-order valence-corrected chi connectivity index (χ1v) is 4.84. The highest BCUT2D eigenvalue weighted by Crippen LogP contribution is 2.34. The fraction of sp³-hybridized carbons (Fsp3) is 0.143. The predicted molar refractivity (Wildman–Crippen MR) is 53.7 cm³/mol. The minimum atomic E-state index is -2.97. The number of halogens is 4. The molecule has 0 aromatic carbocycles. The van der Waals surface area contributed by atoms with Crippen LogP contribution in [0.5, 0.6) is 0 Å². The number of carbonyl (C=O) groups excluding carboxylic acids is 1. The molecule has 0 aliphatic heterocycles. The van der Waals surface area contributed by atoms with Gasteiger partial charge in [-0.3, -0.25) is 14.9 Å². The molecule has 1 heterocycles. The zero-order valence-electron chi connectivity index (χ0n) is 7.29. The largest absolute Gasteiger partial charge is 0.300 e. The van der Waals surface area contributed by atoms with Crippen molar-refractivity contribution in [3.8, 4) is 0 Å². The number of carbonyl (C=O) groups is 1. The summed E-state index contributed by atoms with van der Waals surface area (Å²) in [4.78, 5) is 23.7. The van der Waals surface area contributed by atoms with E-state index < -0.39 is 38.0 Å². The number of hydrogen-bond acceptors (Lipinski definition) is 4. The van der Waals surface area contributed by atoms with Gasteiger partial charge >= 0.3 is 5.69 Å². The number of hydrogen-bond donors (Lipinski definition) is 0. The third-order valence-corrected chi connectivity index (χ3v) is 2.62. The SMILES string of the molecule is O=C(Cl)c1c([N+](=O)[O-])cnc(C(F)F)c1Br. The zero-order chi connectivity index (χ0) is 12.5. The second kappa shape index (κ2) is 4.79. The third kappa shape index (κ3) is 2.33. The van der Waals surface area contributed by atoms with Crippen LogP contribution in [0.1, 0.15) is 22.5 Å². The molecule has 0 saturated heterocycles. The molecule has 0 aliphatic rings. The van der Waals surface area contributed by atoms with Crippen molar-refractivity contribution in [2.75, 3.05) is 0 Å². The molecule has 0 spiro atoms. The maximum Gasteiger partial charge on any atom is 0.300 e. The molecule has 1 aromatic heterocycles. The summed E-state index contributed by atoms with van der Waals surface area (Å²) in [6.45, 7) is 0. The van der Waals surface area contributed by atoms with Crippen molar-refractivity contribution in [3.63, 3.8) is 0 Å². The van der Waals surface area contributed by atoms with Gasteiger partial charge in [-0.1, -0.05) is 0 Å². The maximum absolute atomic E-state index is 12.4. The molecule has 0 fully saturated rings. The van der Waals surface area contributed by atoms with Gasteiger partial charge in [-0.2, -0.15) is 0 Å². The summed E-state index contributed by atoms with van der Waals surface area (Å²) < 4.78 is 24.3. The van der Waals surface area contributed by atoms with Crippen LogP contribution >= 0.6 is 27.5 Å². The lowest BCUT2D eigenvalue weighted by Crippen LogP contribution is -2.04. The first kappa shape index (κ1) is 12.9. The summed E-state index contributed by atoms with van der Waals surface area (Å²) >= 11 is 7.74. The zero-order valence-corrected chi connectivity index (χ0v) is 9.63. The van der Waals surface area contributed by atoms with E-state index in [0.717, 1.165) is 0 Å². The number of aromatic nitrogens is 1. The summed E-state index contributed by atoms with van der Waals surface area (Å²) in [6.07, 6.45) is -2.40. The fourth-order valence-electron chi connectivity index (χ4n) is 0.970. The predicted octanol–water partition coefficient (Wildman–Crippen LogP) is 3.07. The highest BCUT2D eigenvalue weighted by molar-refractivity contribution is 9.10. The van der Waals surface area contributed by atoms with Crippen LogP contribution in [0.15, 0.2) is 10.7 Å². The molecule has 0 atom stereocenters. The van der Waals surface area contributed by atoms with E-state index in [1.807, 2.05) is 0 Å². The van der Waals surface area contributed by atoms with Crippen LogP contribution in [0.2, 0.25) is 0 Å². The second-order valence-electron chi connectivity index (χ2n) is 2.55. The third-order valence-electron chi connectivity index (χ3n) is 1.63. The van der Waals surface area contributed by atoms with E-state index in [9.17, 15) is 23.7 Å². The molecule has 16 heavy (non-hydrogen) atoms. The van der Waals surface area contributed by atoms with E-state index >= 15 is 0 Å². The first-order chi connectivity index (χ1) is 7.36. The molecule has 0 amide bonds. The Morgan fingerprint density at radius 1 is 1.62 bits per heavy atom. The second-order valence-corrected chi connectivity index (χ2v) is 3.69. The van der Waals surface area contributed by atoms with Crippen molar-refractivity contribution in [3.05, 3.63) is 32.0 Å². The van der Waals surface area contributed by atoms with Crippen molar-refractivity contribution in [1.29, 1.82) is 0 Å². The van der Waals surface area contributed by atoms with Gasteiger partial charge in [-0.15, -0.1) is 0 Å². The lowest BCUT2D eigenvalue weighted by atomic mass is 10.2. The van der Waals surface area contributed by atoms with E-state index in [2.05, 4.69) is 20.9 Å². The molecular formula is C7H2BrClF2N2O3. The summed E-state index contributed by atoms with van der Waals surface area (Å²) in [5.41, 5.74) is -2.12. The molecule has 0 unspecified atom stereocenters. The van der Waals surface area contributed by atoms with Gasteiger partial charge in [0.2, 0.25) is 0 Å². The normalized spacial score (nSPS) is 10.6. The van der Waals surface area contributed by atoms with Gasteiger partial charge < -0.3 is 0 Å². The average Bonchev–Trinajstić information content (AvgIpc) is 2.15. The summed E-state index contributed by atoms with van der Waals surface area (Å²) in [5, 5.41) is 9.30. The van der Waals surface area contributed by atoms with Crippen molar-refractivity contribution in [2.24, 2.45) is 0 Å². The Balaban J connectivity index is 3.54. The minimum absolute atomic E-state index is 0.461. The molecule has 86 valence electrons. The van der Waals surface area contributed by atoms with Gasteiger partial charge in [0.15, 0.2) is 0 Å². The van der Waals surface area contributed by atoms with E-state index in [1.54, 1.807) is 0 Å². The Morgan fingerprint density at radius 2 is 2.19 bits per heavy atom. The van der Waals surface area contributed by atoms with Gasteiger partial charge in [0.1, 0.15) is 17.5 Å². The van der Waals surface area contributed by atoms with Crippen LogP contribution in [0.3, 0.4) is 0 Å². The molecule has 1 aromatic rings. The Hall–Kier alpha value is -1.15. The fourth-order valence-corrected chi connectivity index (χ4v) is 1.93. The van der Waals surface area contributed by atoms with Gasteiger partial charge in [-0.05, 0) is 27.5 Å². The minimum Gasteiger partial charge on any atom is -0.275 e. The van der Waals surface area contributed by atoms with Crippen molar-refractivity contribution >= 4 is 38.5 Å². The Kier molecular flexibility index (Phi) is 3.87. The molecule has 0 radical (unpaired) electrons. The van der Waals surface area contributed by atoms with Gasteiger partial charge in [0.05, 0.1) is 9.40 Å². The van der Waals surface area contributed by atoms with Crippen LogP contribution in [0.25, 0.3) is 0 Å². The summed E-state index contributed by atoms with van der Waals surface area (Å²) in [7, 11) is 0. The summed E-state index contributed by atoms with van der Waals surface area (Å²) in [6, 6.07) is 0. The van der Waals surface area contributed by atoms with Crippen LogP contribution in [-0.4, -0.2) is 15.1 Å². The highest BCUT2D eigenvalue weighted by atomic mass is 79.9. The van der Waals surface area contributed by atoms with Crippen LogP contribution in [0, 0.1) is 10.1 Å². The molecule has 0 N–H and O–H groups in total. The summed E-state index contributed by atoms with van der Waals surface area (Å²) in [5.74, 6) is 0. The van der Waals surface area contributed by atoms with Crippen LogP contribution in [-0.2, 0) is 0 Å². The van der Waals surface area contributed by atoms with Crippen molar-refractivity contribution < 1.29 is 18.5 Å². The van der Waals surface area contributed by atoms with Crippen molar-refractivity contribution in [1.82, 2.24) is 4.98 Å². The van der Waals surface area contributed by atoms with E-state index in [1.165, 1.54) is 0 Å². The smallest absolute Gasteiger partial charge is 0.275 e. The van der Waals surface area contributed by atoms with Gasteiger partial charge in [-0.25, -0.2) is 13.8 Å². The Labute approximate surface area is 101 Å². The Bertz CT molecular complexity index is 469. The number of nitro groups is 1. The maximum atomic E-state index is 12.4. The topological polar surface area (TPSA) is 73.1 Å². The number of nitrogens with zero attached hydrogens (tertiary/aromatic N) is 2. The van der Waals surface area contributed by atoms with Gasteiger partial charge in [0.25, 0.3) is 11.7 Å².